The summed E-state index contributed by atoms with van der Waals surface area (Å²) in [4.78, 5) is 48.8. The van der Waals surface area contributed by atoms with Crippen molar-refractivity contribution in [1.82, 2.24) is 25.1 Å². The van der Waals surface area contributed by atoms with Gasteiger partial charge in [-0.2, -0.15) is 11.8 Å². The number of para-hydroxylation sites is 1. The van der Waals surface area contributed by atoms with Crippen molar-refractivity contribution in [2.75, 3.05) is 38.8 Å². The highest BCUT2D eigenvalue weighted by atomic mass is 32.2. The van der Waals surface area contributed by atoms with E-state index in [1.54, 1.807) is 19.6 Å². The van der Waals surface area contributed by atoms with Gasteiger partial charge < -0.3 is 25.0 Å². The molecule has 1 aliphatic heterocycles. The van der Waals surface area contributed by atoms with Crippen molar-refractivity contribution in [1.29, 1.82) is 0 Å². The van der Waals surface area contributed by atoms with Crippen LogP contribution < -0.4 is 10.1 Å². The number of amides is 2. The molecule has 1 fully saturated rings. The number of carboxylic acids is 1. The Morgan fingerprint density at radius 2 is 2.14 bits per heavy atom. The van der Waals surface area contributed by atoms with Crippen LogP contribution in [0.3, 0.4) is 0 Å². The van der Waals surface area contributed by atoms with Crippen LogP contribution in [0.25, 0.3) is 0 Å². The van der Waals surface area contributed by atoms with E-state index in [-0.39, 0.29) is 30.8 Å². The lowest BCUT2D eigenvalue weighted by molar-refractivity contribution is -0.142. The smallest absolute Gasteiger partial charge is 0.326 e. The van der Waals surface area contributed by atoms with Crippen molar-refractivity contribution in [2.24, 2.45) is 0 Å². The van der Waals surface area contributed by atoms with Crippen LogP contribution >= 0.6 is 11.8 Å². The van der Waals surface area contributed by atoms with Crippen molar-refractivity contribution in [3.63, 3.8) is 0 Å². The summed E-state index contributed by atoms with van der Waals surface area (Å²) < 4.78 is 5.52. The number of carbonyl (C=O) groups excluding carboxylic acids is 2. The molecule has 0 bridgehead atoms. The molecule has 0 spiro atoms. The Morgan fingerprint density at radius 1 is 1.32 bits per heavy atom. The number of piperidine rings is 1. The van der Waals surface area contributed by atoms with Crippen LogP contribution in [0.1, 0.15) is 36.9 Å². The number of rotatable bonds is 14. The molecule has 11 heteroatoms. The van der Waals surface area contributed by atoms with Crippen molar-refractivity contribution in [3.8, 4) is 5.75 Å². The van der Waals surface area contributed by atoms with Crippen molar-refractivity contribution in [3.05, 3.63) is 48.0 Å². The SMILES string of the molecule is COc1ccccc1CN(CC(=O)NC(CCSC)C(=O)O)C[C@@H]1CCCCN1C(=O)Cc1c[nH]cn1. The summed E-state index contributed by atoms with van der Waals surface area (Å²) in [5.74, 6) is -0.0280. The van der Waals surface area contributed by atoms with Crippen LogP contribution in [0.2, 0.25) is 0 Å². The van der Waals surface area contributed by atoms with Gasteiger partial charge in [-0.15, -0.1) is 0 Å². The Hall–Kier alpha value is -3.05. The molecule has 3 rings (SSSR count). The third-order valence-electron chi connectivity index (χ3n) is 6.50. The molecule has 2 heterocycles. The number of aliphatic carboxylic acids is 1. The third kappa shape index (κ3) is 8.78. The molecular formula is C26H37N5O5S. The maximum atomic E-state index is 13.1. The van der Waals surface area contributed by atoms with E-state index in [2.05, 4.69) is 15.3 Å². The van der Waals surface area contributed by atoms with E-state index in [0.29, 0.717) is 43.3 Å². The number of nitrogens with one attached hydrogen (secondary N) is 2. The summed E-state index contributed by atoms with van der Waals surface area (Å²) in [6, 6.07) is 6.63. The number of nitrogens with zero attached hydrogens (tertiary/aromatic N) is 3. The van der Waals surface area contributed by atoms with E-state index in [4.69, 9.17) is 4.74 Å². The zero-order chi connectivity index (χ0) is 26.6. The average molecular weight is 532 g/mol. The van der Waals surface area contributed by atoms with Crippen LogP contribution in [0.4, 0.5) is 0 Å². The molecule has 3 N–H and O–H groups in total. The number of hydrogen-bond donors (Lipinski definition) is 3. The highest BCUT2D eigenvalue weighted by molar-refractivity contribution is 7.98. The molecule has 1 unspecified atom stereocenters. The lowest BCUT2D eigenvalue weighted by Crippen LogP contribution is -2.52. The zero-order valence-electron chi connectivity index (χ0n) is 21.5. The first-order valence-corrected chi connectivity index (χ1v) is 13.9. The first kappa shape index (κ1) is 28.5. The molecule has 1 aromatic heterocycles. The van der Waals surface area contributed by atoms with Crippen molar-refractivity contribution < 1.29 is 24.2 Å². The number of thioether (sulfide) groups is 1. The summed E-state index contributed by atoms with van der Waals surface area (Å²) in [6.07, 6.45) is 8.54. The fourth-order valence-electron chi connectivity index (χ4n) is 4.66. The molecule has 37 heavy (non-hydrogen) atoms. The number of methoxy groups -OCH3 is 1. The second-order valence-corrected chi connectivity index (χ2v) is 10.2. The molecule has 1 aromatic carbocycles. The molecule has 0 aliphatic carbocycles. The normalized spacial score (nSPS) is 16.4. The lowest BCUT2D eigenvalue weighted by Gasteiger charge is -2.39. The standard InChI is InChI=1S/C26H37N5O5S/c1-36-23-9-4-3-7-19(23)15-30(17-24(32)29-22(26(34)35)10-12-37-2)16-21-8-5-6-11-31(21)25(33)13-20-14-27-18-28-20/h3-4,7,9,14,18,21-22H,5-6,8,10-13,15-17H2,1-2H3,(H,27,28)(H,29,32)(H,34,35)/t21-,22?/m0/s1. The largest absolute Gasteiger partial charge is 0.496 e. The molecule has 2 amide bonds. The second kappa shape index (κ2) is 14.6. The van der Waals surface area contributed by atoms with Gasteiger partial charge >= 0.3 is 5.97 Å². The fraction of sp³-hybridized carbons (Fsp3) is 0.538. The number of carbonyl (C=O) groups is 3. The highest BCUT2D eigenvalue weighted by Gasteiger charge is 2.30. The summed E-state index contributed by atoms with van der Waals surface area (Å²) in [5.41, 5.74) is 1.62. The summed E-state index contributed by atoms with van der Waals surface area (Å²) >= 11 is 1.54. The molecule has 202 valence electrons. The first-order chi connectivity index (χ1) is 17.9. The Labute approximate surface area is 222 Å². The molecule has 0 radical (unpaired) electrons. The summed E-state index contributed by atoms with van der Waals surface area (Å²) in [7, 11) is 1.61. The number of imidazole rings is 1. The van der Waals surface area contributed by atoms with Gasteiger partial charge in [-0.05, 0) is 43.8 Å². The second-order valence-electron chi connectivity index (χ2n) is 9.20. The Morgan fingerprint density at radius 3 is 2.84 bits per heavy atom. The third-order valence-corrected chi connectivity index (χ3v) is 7.15. The van der Waals surface area contributed by atoms with Gasteiger partial charge in [-0.1, -0.05) is 18.2 Å². The zero-order valence-corrected chi connectivity index (χ0v) is 22.3. The lowest BCUT2D eigenvalue weighted by atomic mass is 10.00. The predicted molar refractivity (Wildman–Crippen MR) is 142 cm³/mol. The molecule has 1 saturated heterocycles. The number of hydrogen-bond acceptors (Lipinski definition) is 7. The molecular weight excluding hydrogens is 494 g/mol. The Balaban J connectivity index is 1.75. The van der Waals surface area contributed by atoms with Gasteiger partial charge in [0.2, 0.25) is 11.8 Å². The highest BCUT2D eigenvalue weighted by Crippen LogP contribution is 2.23. The number of benzene rings is 1. The van der Waals surface area contributed by atoms with E-state index in [9.17, 15) is 19.5 Å². The van der Waals surface area contributed by atoms with Gasteiger partial charge in [0.15, 0.2) is 0 Å². The minimum Gasteiger partial charge on any atom is -0.496 e. The van der Waals surface area contributed by atoms with Gasteiger partial charge in [0.25, 0.3) is 0 Å². The van der Waals surface area contributed by atoms with Crippen molar-refractivity contribution >= 4 is 29.5 Å². The summed E-state index contributed by atoms with van der Waals surface area (Å²) in [6.45, 7) is 1.59. The van der Waals surface area contributed by atoms with Gasteiger partial charge in [0.05, 0.1) is 32.1 Å². The minimum absolute atomic E-state index is 0.0129. The predicted octanol–water partition coefficient (Wildman–Crippen LogP) is 2.17. The van der Waals surface area contributed by atoms with Crippen LogP contribution in [0.15, 0.2) is 36.8 Å². The molecule has 1 aliphatic rings. The van der Waals surface area contributed by atoms with Gasteiger partial charge in [0.1, 0.15) is 11.8 Å². The number of H-pyrrole nitrogens is 1. The number of ether oxygens (including phenoxy) is 1. The first-order valence-electron chi connectivity index (χ1n) is 12.5. The number of likely N-dealkylation sites (tertiary alicyclic amines) is 1. The van der Waals surface area contributed by atoms with Crippen LogP contribution in [-0.2, 0) is 27.3 Å². The number of carboxylic acid groups (broad SMARTS) is 1. The Kier molecular flexibility index (Phi) is 11.3. The minimum atomic E-state index is -1.04. The quantitative estimate of drug-likeness (QED) is 0.338. The van der Waals surface area contributed by atoms with E-state index in [0.717, 1.165) is 24.8 Å². The van der Waals surface area contributed by atoms with Gasteiger partial charge in [-0.25, -0.2) is 9.78 Å². The van der Waals surface area contributed by atoms with E-state index in [1.165, 1.54) is 11.8 Å². The Bertz CT molecular complexity index is 1020. The monoisotopic (exact) mass is 531 g/mol. The van der Waals surface area contributed by atoms with E-state index < -0.39 is 12.0 Å². The fourth-order valence-corrected chi connectivity index (χ4v) is 5.13. The van der Waals surface area contributed by atoms with E-state index in [1.807, 2.05) is 40.3 Å². The number of aromatic nitrogens is 2. The van der Waals surface area contributed by atoms with Crippen molar-refractivity contribution in [2.45, 2.75) is 50.7 Å². The van der Waals surface area contributed by atoms with Crippen LogP contribution in [0.5, 0.6) is 5.75 Å². The van der Waals surface area contributed by atoms with Gasteiger partial charge in [0, 0.05) is 37.4 Å². The topological polar surface area (TPSA) is 128 Å². The maximum Gasteiger partial charge on any atom is 0.326 e. The van der Waals surface area contributed by atoms with E-state index >= 15 is 0 Å². The molecule has 10 nitrogen and oxygen atoms in total. The molecule has 2 aromatic rings. The molecule has 0 saturated carbocycles. The molecule has 2 atom stereocenters. The van der Waals surface area contributed by atoms with Crippen LogP contribution in [0, 0.1) is 0 Å². The summed E-state index contributed by atoms with van der Waals surface area (Å²) in [5, 5.41) is 12.2. The van der Waals surface area contributed by atoms with Crippen LogP contribution in [-0.4, -0.2) is 93.5 Å². The average Bonchev–Trinajstić information content (AvgIpc) is 3.40. The van der Waals surface area contributed by atoms with Gasteiger partial charge in [-0.3, -0.25) is 14.5 Å². The number of aromatic amines is 1. The maximum absolute atomic E-state index is 13.1.